The van der Waals surface area contributed by atoms with Gasteiger partial charge in [0.15, 0.2) is 0 Å². The molecule has 5 rings (SSSR count). The van der Waals surface area contributed by atoms with Gasteiger partial charge in [-0.1, -0.05) is 30.7 Å². The number of aromatic nitrogens is 2. The van der Waals surface area contributed by atoms with E-state index in [9.17, 15) is 9.90 Å². The molecular weight excluding hydrogens is 462 g/mol. The van der Waals surface area contributed by atoms with Crippen LogP contribution >= 0.6 is 11.6 Å². The predicted molar refractivity (Wildman–Crippen MR) is 138 cm³/mol. The lowest BCUT2D eigenvalue weighted by molar-refractivity contribution is -0.133. The molecule has 1 aromatic carbocycles. The van der Waals surface area contributed by atoms with Crippen LogP contribution in [0.2, 0.25) is 5.02 Å². The lowest BCUT2D eigenvalue weighted by atomic mass is 9.91. The molecule has 3 aliphatic rings. The fourth-order valence-corrected chi connectivity index (χ4v) is 5.97. The number of halogens is 1. The molecular formula is C27H36ClN5O2. The number of nitrogens with zero attached hydrogens (tertiary/aromatic N) is 4. The van der Waals surface area contributed by atoms with Crippen LogP contribution in [0.3, 0.4) is 0 Å². The minimum absolute atomic E-state index is 0.164. The first-order chi connectivity index (χ1) is 17.0. The molecule has 1 saturated heterocycles. The topological polar surface area (TPSA) is 81.6 Å². The van der Waals surface area contributed by atoms with Crippen LogP contribution in [-0.4, -0.2) is 70.8 Å². The number of hydrogen-bond acceptors (Lipinski definition) is 6. The summed E-state index contributed by atoms with van der Waals surface area (Å²) in [6.07, 6.45) is 7.21. The molecule has 7 nitrogen and oxygen atoms in total. The Balaban J connectivity index is 1.26. The summed E-state index contributed by atoms with van der Waals surface area (Å²) in [6, 6.07) is 8.02. The molecule has 1 amide bonds. The molecule has 2 aromatic rings. The molecule has 2 atom stereocenters. The summed E-state index contributed by atoms with van der Waals surface area (Å²) >= 11 is 6.13. The van der Waals surface area contributed by atoms with Gasteiger partial charge < -0.3 is 20.2 Å². The summed E-state index contributed by atoms with van der Waals surface area (Å²) in [4.78, 5) is 27.2. The third-order valence-corrected chi connectivity index (χ3v) is 8.27. The van der Waals surface area contributed by atoms with Crippen molar-refractivity contribution in [1.82, 2.24) is 20.2 Å². The van der Waals surface area contributed by atoms with Gasteiger partial charge in [-0.05, 0) is 62.1 Å². The normalized spacial score (nSPS) is 25.4. The average molecular weight is 498 g/mol. The summed E-state index contributed by atoms with van der Waals surface area (Å²) < 4.78 is 0. The SMILES string of the molecule is C[C@@H]1CCc2ncnc(N3CCN(C(=O)[C@H](CNC4CCC(O)CC4)c4ccc(Cl)cc4)CC3)c21. The number of anilines is 1. The van der Waals surface area contributed by atoms with Crippen molar-refractivity contribution < 1.29 is 9.90 Å². The van der Waals surface area contributed by atoms with Crippen LogP contribution in [0.15, 0.2) is 30.6 Å². The quantitative estimate of drug-likeness (QED) is 0.635. The van der Waals surface area contributed by atoms with E-state index in [-0.39, 0.29) is 17.9 Å². The highest BCUT2D eigenvalue weighted by Gasteiger charge is 2.32. The van der Waals surface area contributed by atoms with Crippen LogP contribution in [0, 0.1) is 0 Å². The molecule has 2 N–H and O–H groups in total. The highest BCUT2D eigenvalue weighted by Crippen LogP contribution is 2.37. The molecule has 8 heteroatoms. The molecule has 0 unspecified atom stereocenters. The van der Waals surface area contributed by atoms with Gasteiger partial charge in [-0.3, -0.25) is 4.79 Å². The Morgan fingerprint density at radius 3 is 2.51 bits per heavy atom. The zero-order valence-corrected chi connectivity index (χ0v) is 21.3. The maximum Gasteiger partial charge on any atom is 0.231 e. The fourth-order valence-electron chi connectivity index (χ4n) is 5.84. The van der Waals surface area contributed by atoms with Crippen LogP contribution < -0.4 is 10.2 Å². The summed E-state index contributed by atoms with van der Waals surface area (Å²) in [6.45, 7) is 5.79. The van der Waals surface area contributed by atoms with Crippen molar-refractivity contribution in [3.63, 3.8) is 0 Å². The smallest absolute Gasteiger partial charge is 0.231 e. The average Bonchev–Trinajstić information content (AvgIpc) is 3.27. The third-order valence-electron chi connectivity index (χ3n) is 8.02. The Hall–Kier alpha value is -2.22. The number of aliphatic hydroxyl groups is 1. The monoisotopic (exact) mass is 497 g/mol. The number of carbonyl (C=O) groups excluding carboxylic acids is 1. The Morgan fingerprint density at radius 2 is 1.80 bits per heavy atom. The number of rotatable bonds is 6. The van der Waals surface area contributed by atoms with Crippen molar-refractivity contribution >= 4 is 23.3 Å². The second-order valence-electron chi connectivity index (χ2n) is 10.3. The third kappa shape index (κ3) is 5.47. The first-order valence-corrected chi connectivity index (χ1v) is 13.4. The van der Waals surface area contributed by atoms with Crippen LogP contribution in [0.5, 0.6) is 0 Å². The molecule has 0 spiro atoms. The molecule has 35 heavy (non-hydrogen) atoms. The first-order valence-electron chi connectivity index (χ1n) is 13.0. The standard InChI is InChI=1S/C27H36ClN5O2/c1-18-2-11-24-25(18)26(31-17-30-24)32-12-14-33(15-13-32)27(35)23(19-3-5-20(28)6-4-19)16-29-21-7-9-22(34)10-8-21/h3-6,17-18,21-23,29,34H,2,7-16H2,1H3/t18-,21?,22?,23-/m1/s1. The Bertz CT molecular complexity index is 1020. The summed E-state index contributed by atoms with van der Waals surface area (Å²) in [5.74, 6) is 1.45. The highest BCUT2D eigenvalue weighted by molar-refractivity contribution is 6.30. The van der Waals surface area contributed by atoms with Gasteiger partial charge in [0.2, 0.25) is 5.91 Å². The largest absolute Gasteiger partial charge is 0.393 e. The number of benzene rings is 1. The second-order valence-corrected chi connectivity index (χ2v) is 10.8. The summed E-state index contributed by atoms with van der Waals surface area (Å²) in [7, 11) is 0. The van der Waals surface area contributed by atoms with Crippen molar-refractivity contribution in [3.8, 4) is 0 Å². The van der Waals surface area contributed by atoms with Gasteiger partial charge in [0.1, 0.15) is 12.1 Å². The minimum atomic E-state index is -0.256. The van der Waals surface area contributed by atoms with Crippen molar-refractivity contribution in [2.24, 2.45) is 0 Å². The lowest BCUT2D eigenvalue weighted by Gasteiger charge is -2.38. The van der Waals surface area contributed by atoms with Crippen LogP contribution in [0.1, 0.15) is 67.7 Å². The van der Waals surface area contributed by atoms with Gasteiger partial charge in [-0.15, -0.1) is 0 Å². The van der Waals surface area contributed by atoms with Gasteiger partial charge in [0, 0.05) is 55.0 Å². The number of fused-ring (bicyclic) bond motifs is 1. The fraction of sp³-hybridized carbons (Fsp3) is 0.593. The number of hydrogen-bond donors (Lipinski definition) is 2. The number of amides is 1. The molecule has 2 heterocycles. The van der Waals surface area contributed by atoms with E-state index in [4.69, 9.17) is 11.6 Å². The van der Waals surface area contributed by atoms with Crippen molar-refractivity contribution in [1.29, 1.82) is 0 Å². The molecule has 2 aliphatic carbocycles. The molecule has 2 fully saturated rings. The van der Waals surface area contributed by atoms with Crippen molar-refractivity contribution in [2.75, 3.05) is 37.6 Å². The van der Waals surface area contributed by atoms with E-state index in [2.05, 4.69) is 27.1 Å². The Labute approximate surface area is 212 Å². The van der Waals surface area contributed by atoms with E-state index in [1.54, 1.807) is 6.33 Å². The van der Waals surface area contributed by atoms with Crippen molar-refractivity contribution in [3.05, 3.63) is 52.4 Å². The van der Waals surface area contributed by atoms with E-state index in [0.717, 1.165) is 63.0 Å². The van der Waals surface area contributed by atoms with Crippen LogP contribution in [0.25, 0.3) is 0 Å². The summed E-state index contributed by atoms with van der Waals surface area (Å²) in [5, 5.41) is 14.1. The number of nitrogens with one attached hydrogen (secondary N) is 1. The predicted octanol–water partition coefficient (Wildman–Crippen LogP) is 3.51. The number of aliphatic hydroxyl groups excluding tert-OH is 1. The van der Waals surface area contributed by atoms with E-state index < -0.39 is 0 Å². The zero-order chi connectivity index (χ0) is 24.4. The Morgan fingerprint density at radius 1 is 1.09 bits per heavy atom. The highest BCUT2D eigenvalue weighted by atomic mass is 35.5. The maximum atomic E-state index is 13.8. The zero-order valence-electron chi connectivity index (χ0n) is 20.5. The van der Waals surface area contributed by atoms with Gasteiger partial charge in [-0.2, -0.15) is 0 Å². The lowest BCUT2D eigenvalue weighted by Crippen LogP contribution is -2.51. The van der Waals surface area contributed by atoms with Gasteiger partial charge >= 0.3 is 0 Å². The molecule has 1 saturated carbocycles. The molecule has 0 radical (unpaired) electrons. The minimum Gasteiger partial charge on any atom is -0.393 e. The second kappa shape index (κ2) is 10.8. The van der Waals surface area contributed by atoms with E-state index in [0.29, 0.717) is 36.6 Å². The molecule has 188 valence electrons. The molecule has 0 bridgehead atoms. The first kappa shape index (κ1) is 24.5. The molecule has 1 aromatic heterocycles. The van der Waals surface area contributed by atoms with Crippen molar-refractivity contribution in [2.45, 2.75) is 69.4 Å². The number of aryl methyl sites for hydroxylation is 1. The van der Waals surface area contributed by atoms with E-state index in [1.807, 2.05) is 29.2 Å². The number of carbonyl (C=O) groups is 1. The maximum absolute atomic E-state index is 13.8. The molecule has 1 aliphatic heterocycles. The summed E-state index contributed by atoms with van der Waals surface area (Å²) in [5.41, 5.74) is 3.48. The Kier molecular flexibility index (Phi) is 7.56. The number of piperazine rings is 1. The van der Waals surface area contributed by atoms with Gasteiger partial charge in [0.05, 0.1) is 12.0 Å². The van der Waals surface area contributed by atoms with Gasteiger partial charge in [0.25, 0.3) is 0 Å². The van der Waals surface area contributed by atoms with E-state index >= 15 is 0 Å². The van der Waals surface area contributed by atoms with Crippen LogP contribution in [0.4, 0.5) is 5.82 Å². The van der Waals surface area contributed by atoms with Gasteiger partial charge in [-0.25, -0.2) is 9.97 Å². The van der Waals surface area contributed by atoms with Crippen LogP contribution in [-0.2, 0) is 11.2 Å². The van der Waals surface area contributed by atoms with E-state index in [1.165, 1.54) is 11.3 Å².